The average molecular weight is 416 g/mol. The van der Waals surface area contributed by atoms with Gasteiger partial charge in [-0.05, 0) is 48.9 Å². The van der Waals surface area contributed by atoms with Crippen molar-refractivity contribution in [2.45, 2.75) is 29.4 Å². The van der Waals surface area contributed by atoms with Gasteiger partial charge < -0.3 is 9.73 Å². The van der Waals surface area contributed by atoms with Gasteiger partial charge >= 0.3 is 0 Å². The van der Waals surface area contributed by atoms with E-state index in [1.165, 1.54) is 6.07 Å². The lowest BCUT2D eigenvalue weighted by molar-refractivity contribution is 0.0995. The molecule has 1 N–H and O–H groups in total. The van der Waals surface area contributed by atoms with Crippen molar-refractivity contribution in [3.63, 3.8) is 0 Å². The van der Waals surface area contributed by atoms with Gasteiger partial charge in [0.05, 0.1) is 16.4 Å². The third-order valence-corrected chi connectivity index (χ3v) is 7.08. The molecule has 0 aliphatic carbocycles. The minimum absolute atomic E-state index is 0.00582. The fourth-order valence-electron chi connectivity index (χ4n) is 2.61. The van der Waals surface area contributed by atoms with Crippen molar-refractivity contribution in [3.8, 4) is 0 Å². The van der Waals surface area contributed by atoms with E-state index in [2.05, 4.69) is 5.32 Å². The number of carbonyl (C=O) groups is 1. The number of benzene rings is 2. The first-order chi connectivity index (χ1) is 13.4. The van der Waals surface area contributed by atoms with Crippen LogP contribution in [-0.4, -0.2) is 20.1 Å². The van der Waals surface area contributed by atoms with Gasteiger partial charge in [-0.2, -0.15) is 0 Å². The Morgan fingerprint density at radius 3 is 2.54 bits per heavy atom. The normalized spacial score (nSPS) is 11.4. The van der Waals surface area contributed by atoms with Crippen molar-refractivity contribution in [2.75, 3.05) is 11.1 Å². The molecule has 3 aromatic rings. The zero-order valence-corrected chi connectivity index (χ0v) is 17.3. The van der Waals surface area contributed by atoms with Crippen molar-refractivity contribution in [2.24, 2.45) is 0 Å². The highest BCUT2D eigenvalue weighted by molar-refractivity contribution is 7.98. The number of hydrogen-bond acceptors (Lipinski definition) is 5. The standard InChI is InChI=1S/C21H21NO4S2/c1-3-28(24,25)20-13-16(10-9-15(20)2)22-21(23)19-12-11-17(26-19)14-27-18-7-5-4-6-8-18/h4-13H,3,14H2,1-2H3,(H,22,23). The Balaban J connectivity index is 1.69. The Hall–Kier alpha value is -2.51. The zero-order valence-electron chi connectivity index (χ0n) is 15.6. The molecule has 1 aromatic heterocycles. The molecule has 146 valence electrons. The summed E-state index contributed by atoms with van der Waals surface area (Å²) in [5, 5.41) is 2.71. The fraction of sp³-hybridized carbons (Fsp3) is 0.190. The molecule has 5 nitrogen and oxygen atoms in total. The van der Waals surface area contributed by atoms with Gasteiger partial charge in [-0.25, -0.2) is 8.42 Å². The van der Waals surface area contributed by atoms with E-state index in [0.717, 1.165) is 4.90 Å². The Morgan fingerprint density at radius 1 is 1.07 bits per heavy atom. The predicted octanol–water partition coefficient (Wildman–Crippen LogP) is 4.93. The first kappa shape index (κ1) is 20.2. The van der Waals surface area contributed by atoms with E-state index in [4.69, 9.17) is 4.42 Å². The Kier molecular flexibility index (Phi) is 6.26. The Labute approximate surface area is 169 Å². The van der Waals surface area contributed by atoms with Crippen LogP contribution in [0.2, 0.25) is 0 Å². The minimum Gasteiger partial charge on any atom is -0.455 e. The summed E-state index contributed by atoms with van der Waals surface area (Å²) in [6.07, 6.45) is 0. The first-order valence-electron chi connectivity index (χ1n) is 8.80. The molecule has 0 radical (unpaired) electrons. The van der Waals surface area contributed by atoms with Gasteiger partial charge in [0, 0.05) is 10.6 Å². The maximum Gasteiger partial charge on any atom is 0.291 e. The van der Waals surface area contributed by atoms with Gasteiger partial charge in [0.25, 0.3) is 5.91 Å². The lowest BCUT2D eigenvalue weighted by Gasteiger charge is -2.09. The number of aryl methyl sites for hydroxylation is 1. The highest BCUT2D eigenvalue weighted by Crippen LogP contribution is 2.25. The van der Waals surface area contributed by atoms with Crippen molar-refractivity contribution < 1.29 is 17.6 Å². The lowest BCUT2D eigenvalue weighted by Crippen LogP contribution is -2.12. The molecule has 0 aliphatic rings. The van der Waals surface area contributed by atoms with E-state index in [0.29, 0.717) is 22.8 Å². The topological polar surface area (TPSA) is 76.4 Å². The SMILES string of the molecule is CCS(=O)(=O)c1cc(NC(=O)c2ccc(CSc3ccccc3)o2)ccc1C. The molecule has 0 atom stereocenters. The second-order valence-electron chi connectivity index (χ2n) is 6.21. The summed E-state index contributed by atoms with van der Waals surface area (Å²) in [6.45, 7) is 3.33. The van der Waals surface area contributed by atoms with Crippen molar-refractivity contribution in [3.05, 3.63) is 77.7 Å². The molecule has 28 heavy (non-hydrogen) atoms. The van der Waals surface area contributed by atoms with E-state index in [1.54, 1.807) is 49.9 Å². The first-order valence-corrected chi connectivity index (χ1v) is 11.4. The van der Waals surface area contributed by atoms with Crippen molar-refractivity contribution >= 4 is 33.2 Å². The fourth-order valence-corrected chi connectivity index (χ4v) is 4.60. The third kappa shape index (κ3) is 4.85. The number of thioether (sulfide) groups is 1. The largest absolute Gasteiger partial charge is 0.455 e. The predicted molar refractivity (Wildman–Crippen MR) is 112 cm³/mol. The number of rotatable bonds is 7. The minimum atomic E-state index is -3.36. The number of carbonyl (C=O) groups excluding carboxylic acids is 1. The average Bonchev–Trinajstić information content (AvgIpc) is 3.18. The molecule has 0 saturated carbocycles. The molecular weight excluding hydrogens is 394 g/mol. The second kappa shape index (κ2) is 8.67. The summed E-state index contributed by atoms with van der Waals surface area (Å²) in [4.78, 5) is 13.8. The van der Waals surface area contributed by atoms with E-state index in [-0.39, 0.29) is 16.4 Å². The Morgan fingerprint density at radius 2 is 1.82 bits per heavy atom. The highest BCUT2D eigenvalue weighted by Gasteiger charge is 2.17. The molecule has 1 amide bonds. The van der Waals surface area contributed by atoms with Crippen molar-refractivity contribution in [1.29, 1.82) is 0 Å². The van der Waals surface area contributed by atoms with Crippen LogP contribution in [0.5, 0.6) is 0 Å². The van der Waals surface area contributed by atoms with Crippen LogP contribution < -0.4 is 5.32 Å². The summed E-state index contributed by atoms with van der Waals surface area (Å²) in [5.74, 6) is 1.08. The summed E-state index contributed by atoms with van der Waals surface area (Å²) in [6, 6.07) is 18.2. The molecule has 7 heteroatoms. The van der Waals surface area contributed by atoms with Gasteiger partial charge in [-0.15, -0.1) is 11.8 Å². The third-order valence-electron chi connectivity index (χ3n) is 4.17. The van der Waals surface area contributed by atoms with E-state index in [1.807, 2.05) is 30.3 Å². The number of sulfone groups is 1. The van der Waals surface area contributed by atoms with Crippen LogP contribution in [0.25, 0.3) is 0 Å². The summed E-state index contributed by atoms with van der Waals surface area (Å²) in [5.41, 5.74) is 1.07. The molecule has 0 aliphatic heterocycles. The van der Waals surface area contributed by atoms with Gasteiger partial charge in [-0.3, -0.25) is 4.79 Å². The van der Waals surface area contributed by atoms with Crippen LogP contribution >= 0.6 is 11.8 Å². The maximum absolute atomic E-state index is 12.5. The molecule has 1 heterocycles. The van der Waals surface area contributed by atoms with Crippen LogP contribution in [0.1, 0.15) is 28.8 Å². The van der Waals surface area contributed by atoms with Gasteiger partial charge in [0.1, 0.15) is 5.76 Å². The lowest BCUT2D eigenvalue weighted by atomic mass is 10.2. The molecule has 0 fully saturated rings. The maximum atomic E-state index is 12.5. The van der Waals surface area contributed by atoms with E-state index >= 15 is 0 Å². The van der Waals surface area contributed by atoms with Gasteiger partial charge in [-0.1, -0.05) is 31.2 Å². The number of nitrogens with one attached hydrogen (secondary N) is 1. The smallest absolute Gasteiger partial charge is 0.291 e. The number of furan rings is 1. The molecule has 3 rings (SSSR count). The Bertz CT molecular complexity index is 1070. The number of amides is 1. The molecule has 2 aromatic carbocycles. The number of anilines is 1. The second-order valence-corrected chi connectivity index (χ2v) is 9.50. The van der Waals surface area contributed by atoms with Crippen LogP contribution in [0.3, 0.4) is 0 Å². The molecular formula is C21H21NO4S2. The summed E-state index contributed by atoms with van der Waals surface area (Å²) in [7, 11) is -3.36. The molecule has 0 bridgehead atoms. The van der Waals surface area contributed by atoms with Crippen LogP contribution in [0.15, 0.2) is 74.9 Å². The zero-order chi connectivity index (χ0) is 20.1. The van der Waals surface area contributed by atoms with Crippen molar-refractivity contribution in [1.82, 2.24) is 0 Å². The summed E-state index contributed by atoms with van der Waals surface area (Å²) < 4.78 is 30.0. The van der Waals surface area contributed by atoms with Gasteiger partial charge in [0.2, 0.25) is 0 Å². The van der Waals surface area contributed by atoms with Gasteiger partial charge in [0.15, 0.2) is 15.6 Å². The highest BCUT2D eigenvalue weighted by atomic mass is 32.2. The molecule has 0 spiro atoms. The van der Waals surface area contributed by atoms with Crippen LogP contribution in [-0.2, 0) is 15.6 Å². The number of hydrogen-bond donors (Lipinski definition) is 1. The monoisotopic (exact) mass is 415 g/mol. The summed E-state index contributed by atoms with van der Waals surface area (Å²) >= 11 is 1.62. The van der Waals surface area contributed by atoms with E-state index in [9.17, 15) is 13.2 Å². The quantitative estimate of drug-likeness (QED) is 0.554. The van der Waals surface area contributed by atoms with E-state index < -0.39 is 15.7 Å². The molecule has 0 saturated heterocycles. The van der Waals surface area contributed by atoms with Crippen LogP contribution in [0.4, 0.5) is 5.69 Å². The molecule has 0 unspecified atom stereocenters. The van der Waals surface area contributed by atoms with Crippen LogP contribution in [0, 0.1) is 6.92 Å².